The van der Waals surface area contributed by atoms with E-state index in [4.69, 9.17) is 39.1 Å². The quantitative estimate of drug-likeness (QED) is 0.0982. The molecule has 2 aliphatic rings. The molecule has 0 radical (unpaired) electrons. The van der Waals surface area contributed by atoms with E-state index in [1.165, 1.54) is 14.2 Å². The maximum atomic E-state index is 12.2. The van der Waals surface area contributed by atoms with Crippen molar-refractivity contribution in [3.8, 4) is 78.5 Å². The Kier molecular flexibility index (Phi) is 13.9. The minimum absolute atomic E-state index is 0.394. The van der Waals surface area contributed by atoms with Crippen LogP contribution < -0.4 is 9.47 Å². The van der Waals surface area contributed by atoms with Gasteiger partial charge in [-0.3, -0.25) is 0 Å². The van der Waals surface area contributed by atoms with Crippen molar-refractivity contribution in [2.45, 2.75) is 13.1 Å². The van der Waals surface area contributed by atoms with E-state index in [2.05, 4.69) is 93.2 Å². The van der Waals surface area contributed by atoms with Gasteiger partial charge in [-0.15, -0.1) is 10.2 Å². The number of rotatable bonds is 14. The Labute approximate surface area is 482 Å². The van der Waals surface area contributed by atoms with Gasteiger partial charge in [-0.25, -0.2) is 28.9 Å². The smallest absolute Gasteiger partial charge is 0.337 e. The number of hydrogen-bond acceptors (Lipinski definition) is 12. The van der Waals surface area contributed by atoms with Crippen LogP contribution in [-0.4, -0.2) is 90.3 Å². The summed E-state index contributed by atoms with van der Waals surface area (Å²) in [5, 5.41) is 18.6. The summed E-state index contributed by atoms with van der Waals surface area (Å²) in [6, 6.07) is 55.3. The molecule has 0 saturated heterocycles. The molecule has 8 bridgehead atoms. The number of ether oxygens (including phenoxy) is 4. The third kappa shape index (κ3) is 10.1. The molecule has 5 aromatic heterocycles. The first-order valence-corrected chi connectivity index (χ1v) is 27.0. The third-order valence-electron chi connectivity index (χ3n) is 15.0. The van der Waals surface area contributed by atoms with Gasteiger partial charge in [0.25, 0.3) is 0 Å². The van der Waals surface area contributed by atoms with E-state index in [-0.39, 0.29) is 0 Å². The van der Waals surface area contributed by atoms with E-state index < -0.39 is 11.9 Å². The summed E-state index contributed by atoms with van der Waals surface area (Å²) in [6.45, 7) is 0.861. The zero-order valence-corrected chi connectivity index (χ0v) is 46.1. The molecule has 84 heavy (non-hydrogen) atoms. The lowest BCUT2D eigenvalue weighted by Gasteiger charge is -2.10. The van der Waals surface area contributed by atoms with Crippen LogP contribution in [0.2, 0.25) is 0 Å². The summed E-state index contributed by atoms with van der Waals surface area (Å²) < 4.78 is 24.7. The van der Waals surface area contributed by atoms with Crippen LogP contribution >= 0.6 is 0 Å². The van der Waals surface area contributed by atoms with Crippen molar-refractivity contribution in [2.75, 3.05) is 28.4 Å². The van der Waals surface area contributed by atoms with Gasteiger partial charge in [-0.1, -0.05) is 107 Å². The molecule has 13 rings (SSSR count). The van der Waals surface area contributed by atoms with Crippen molar-refractivity contribution in [1.82, 2.24) is 49.9 Å². The predicted octanol–water partition coefficient (Wildman–Crippen LogP) is 13.5. The van der Waals surface area contributed by atoms with Gasteiger partial charge in [0.15, 0.2) is 0 Å². The van der Waals surface area contributed by atoms with Crippen LogP contribution in [0, 0.1) is 0 Å². The maximum Gasteiger partial charge on any atom is 0.337 e. The highest BCUT2D eigenvalue weighted by Crippen LogP contribution is 2.42. The summed E-state index contributed by atoms with van der Waals surface area (Å²) >= 11 is 0. The van der Waals surface area contributed by atoms with Gasteiger partial charge >= 0.3 is 11.9 Å². The van der Waals surface area contributed by atoms with Gasteiger partial charge in [0.05, 0.1) is 87.8 Å². The predicted molar refractivity (Wildman–Crippen MR) is 326 cm³/mol. The molecule has 16 nitrogen and oxygen atoms in total. The largest absolute Gasteiger partial charge is 0.497 e. The molecule has 0 fully saturated rings. The second-order valence-corrected chi connectivity index (χ2v) is 20.0. The highest BCUT2D eigenvalue weighted by molar-refractivity contribution is 6.02. The number of aromatic nitrogens is 10. The van der Waals surface area contributed by atoms with Crippen molar-refractivity contribution in [1.29, 1.82) is 0 Å². The first-order chi connectivity index (χ1) is 41.2. The average molecular weight is 1110 g/mol. The SMILES string of the molecule is COC(=O)c1ccc(Cn2cc(-c3ccccc3-c3c4nc(c(-c5ccc(OC)cc5)c5ccc([nH]5)c(-c5ccccc5-c5cn(Cc6ccc(C(=O)OC)cc6)nn5)c5nc(c(-c6ccc(OC)cc6)c6ccc3[nH]6)C=C5)C=C4)nn2)cc1. The lowest BCUT2D eigenvalue weighted by atomic mass is 9.96. The van der Waals surface area contributed by atoms with E-state index >= 15 is 0 Å². The molecule has 0 spiro atoms. The zero-order valence-electron chi connectivity index (χ0n) is 46.1. The van der Waals surface area contributed by atoms with Crippen molar-refractivity contribution >= 4 is 58.3 Å². The summed E-state index contributed by atoms with van der Waals surface area (Å²) in [6.07, 6.45) is 12.1. The topological polar surface area (TPSA) is 190 Å². The number of H-pyrrole nitrogens is 2. The van der Waals surface area contributed by atoms with Crippen LogP contribution in [0.15, 0.2) is 182 Å². The first kappa shape index (κ1) is 52.1. The van der Waals surface area contributed by atoms with Crippen LogP contribution in [0.4, 0.5) is 0 Å². The van der Waals surface area contributed by atoms with Crippen LogP contribution in [0.5, 0.6) is 11.5 Å². The van der Waals surface area contributed by atoms with Crippen LogP contribution in [0.25, 0.3) is 113 Å². The summed E-state index contributed by atoms with van der Waals surface area (Å²) in [7, 11) is 6.06. The molecule has 0 aliphatic carbocycles. The number of aromatic amines is 2. The summed E-state index contributed by atoms with van der Waals surface area (Å²) in [4.78, 5) is 43.3. The Morgan fingerprint density at radius 3 is 1.11 bits per heavy atom. The van der Waals surface area contributed by atoms with Gasteiger partial charge in [0, 0.05) is 55.4 Å². The van der Waals surface area contributed by atoms with E-state index in [0.717, 1.165) is 123 Å². The molecule has 2 aliphatic heterocycles. The fourth-order valence-electron chi connectivity index (χ4n) is 10.8. The lowest BCUT2D eigenvalue weighted by Crippen LogP contribution is -2.03. The number of carbonyl (C=O) groups is 2. The molecule has 2 N–H and O–H groups in total. The third-order valence-corrected chi connectivity index (χ3v) is 15.0. The second kappa shape index (κ2) is 22.3. The van der Waals surface area contributed by atoms with Gasteiger partial charge in [0.2, 0.25) is 0 Å². The Morgan fingerprint density at radius 2 is 0.750 bits per heavy atom. The van der Waals surface area contributed by atoms with E-state index in [1.54, 1.807) is 47.8 Å². The number of carbonyl (C=O) groups excluding carboxylic acids is 2. The zero-order chi connectivity index (χ0) is 57.3. The van der Waals surface area contributed by atoms with Crippen LogP contribution in [-0.2, 0) is 22.6 Å². The minimum Gasteiger partial charge on any atom is -0.497 e. The molecular formula is C68H52N10O6. The van der Waals surface area contributed by atoms with Gasteiger partial charge in [-0.2, -0.15) is 0 Å². The van der Waals surface area contributed by atoms with Crippen molar-refractivity contribution in [3.05, 3.63) is 227 Å². The molecule has 0 atom stereocenters. The Morgan fingerprint density at radius 1 is 0.405 bits per heavy atom. The fourth-order valence-corrected chi connectivity index (χ4v) is 10.8. The second-order valence-electron chi connectivity index (χ2n) is 20.0. The standard InChI is InChI=1S/C68H52N10O6/c1-81-47-25-21-43(22-26-47)63-53-29-33-57(69-53)65(51-11-7-5-9-49(51)61-39-77(75-73-61)37-41-13-17-45(18-14-41)67(79)83-3)59-35-31-55(71-59)64(44-23-27-48(82-2)28-24-44)56-32-36-60(72-56)66(58-34-30-54(63)70-58)52-12-8-6-10-50(52)62-40-78(76-74-62)38-42-15-19-46(20-16-42)68(80)84-4/h5-36,39-40,69,72H,37-38H2,1-4H3. The molecule has 410 valence electrons. The Bertz CT molecular complexity index is 4280. The minimum atomic E-state index is -0.394. The molecule has 16 heteroatoms. The molecule has 0 amide bonds. The molecule has 0 saturated carbocycles. The number of fused-ring (bicyclic) bond motifs is 8. The summed E-state index contributed by atoms with van der Waals surface area (Å²) in [5.41, 5.74) is 19.1. The van der Waals surface area contributed by atoms with Gasteiger partial charge in [-0.05, 0) is 130 Å². The molecule has 11 aromatic rings. The number of nitrogens with zero attached hydrogens (tertiary/aromatic N) is 8. The van der Waals surface area contributed by atoms with Crippen LogP contribution in [0.1, 0.15) is 54.6 Å². The summed E-state index contributed by atoms with van der Waals surface area (Å²) in [5.74, 6) is 0.663. The number of benzene rings is 6. The van der Waals surface area contributed by atoms with Crippen molar-refractivity contribution < 1.29 is 28.5 Å². The van der Waals surface area contributed by atoms with Crippen molar-refractivity contribution in [2.24, 2.45) is 0 Å². The van der Waals surface area contributed by atoms with Crippen LogP contribution in [0.3, 0.4) is 0 Å². The molecular weight excluding hydrogens is 1050 g/mol. The van der Waals surface area contributed by atoms with E-state index in [1.807, 2.05) is 109 Å². The molecule has 6 aromatic carbocycles. The van der Waals surface area contributed by atoms with Gasteiger partial charge in [0.1, 0.15) is 22.9 Å². The number of esters is 2. The monoisotopic (exact) mass is 1100 g/mol. The maximum absolute atomic E-state index is 12.2. The lowest BCUT2D eigenvalue weighted by molar-refractivity contribution is 0.0592. The highest BCUT2D eigenvalue weighted by atomic mass is 16.5. The molecule has 0 unspecified atom stereocenters. The first-order valence-electron chi connectivity index (χ1n) is 27.0. The normalized spacial score (nSPS) is 11.7. The number of hydrogen-bond donors (Lipinski definition) is 2. The number of nitrogens with one attached hydrogen (secondary N) is 2. The Hall–Kier alpha value is -11.3. The highest BCUT2D eigenvalue weighted by Gasteiger charge is 2.23. The van der Waals surface area contributed by atoms with E-state index in [9.17, 15) is 9.59 Å². The molecule has 7 heterocycles. The average Bonchev–Trinajstić information content (AvgIpc) is 3.34. The van der Waals surface area contributed by atoms with Gasteiger partial charge < -0.3 is 28.9 Å². The van der Waals surface area contributed by atoms with Crippen molar-refractivity contribution in [3.63, 3.8) is 0 Å². The number of methoxy groups -OCH3 is 4. The van der Waals surface area contributed by atoms with E-state index in [0.29, 0.717) is 35.6 Å². The fraction of sp³-hybridized carbons (Fsp3) is 0.0882. The Balaban J connectivity index is 1.03.